The Balaban J connectivity index is 0.00000523. The van der Waals surface area contributed by atoms with E-state index in [9.17, 15) is 10.2 Å². The van der Waals surface area contributed by atoms with Gasteiger partial charge in [0.2, 0.25) is 0 Å². The van der Waals surface area contributed by atoms with E-state index >= 15 is 0 Å². The molecule has 2 aliphatic rings. The predicted molar refractivity (Wildman–Crippen MR) is 202 cm³/mol. The normalized spacial score (nSPS) is 16.6. The van der Waals surface area contributed by atoms with Crippen molar-refractivity contribution in [3.63, 3.8) is 0 Å². The minimum atomic E-state index is -0.286. The summed E-state index contributed by atoms with van der Waals surface area (Å²) in [6.45, 7) is 9.57. The number of hydrogen-bond acceptors (Lipinski definition) is 8. The molecule has 52 heavy (non-hydrogen) atoms. The Kier molecular flexibility index (Phi) is 15.2. The van der Waals surface area contributed by atoms with E-state index in [0.29, 0.717) is 53.8 Å². The zero-order valence-corrected chi connectivity index (χ0v) is 31.1. The number of likely N-dealkylation sites (tertiary alicyclic amines) is 2. The first-order valence-corrected chi connectivity index (χ1v) is 18.6. The van der Waals surface area contributed by atoms with Crippen LogP contribution in [0.2, 0.25) is 0 Å². The van der Waals surface area contributed by atoms with Gasteiger partial charge in [-0.25, -0.2) is 0 Å². The van der Waals surface area contributed by atoms with Crippen LogP contribution in [0.15, 0.2) is 107 Å². The molecule has 0 spiro atoms. The topological polar surface area (TPSA) is 95.8 Å². The van der Waals surface area contributed by atoms with Gasteiger partial charge in [-0.3, -0.25) is 19.8 Å². The number of benzene rings is 4. The number of piperidine rings is 2. The summed E-state index contributed by atoms with van der Waals surface area (Å²) in [5.74, 6) is 0.877. The summed E-state index contributed by atoms with van der Waals surface area (Å²) in [6.07, 6.45) is 7.54. The molecule has 276 valence electrons. The summed E-state index contributed by atoms with van der Waals surface area (Å²) in [6, 6.07) is 29.7. The van der Waals surface area contributed by atoms with Gasteiger partial charge in [0.05, 0.1) is 24.0 Å². The summed E-state index contributed by atoms with van der Waals surface area (Å²) in [4.78, 5) is 14.9. The molecular formula is C43H50N4NiO4. The molecule has 0 radical (unpaired) electrons. The summed E-state index contributed by atoms with van der Waals surface area (Å²) in [7, 11) is 0. The fourth-order valence-electron chi connectivity index (χ4n) is 6.84. The van der Waals surface area contributed by atoms with Gasteiger partial charge in [-0.1, -0.05) is 85.0 Å². The van der Waals surface area contributed by atoms with Crippen molar-refractivity contribution in [1.82, 2.24) is 9.80 Å². The molecule has 4 aromatic carbocycles. The molecule has 0 bridgehead atoms. The maximum absolute atomic E-state index is 13.5. The van der Waals surface area contributed by atoms with Gasteiger partial charge in [0, 0.05) is 24.2 Å². The van der Waals surface area contributed by atoms with Crippen molar-refractivity contribution in [1.29, 1.82) is 0 Å². The van der Waals surface area contributed by atoms with Gasteiger partial charge in [-0.2, -0.15) is 0 Å². The van der Waals surface area contributed by atoms with E-state index in [1.807, 2.05) is 91.9 Å². The van der Waals surface area contributed by atoms with Crippen LogP contribution in [0.3, 0.4) is 0 Å². The Morgan fingerprint density at radius 2 is 1.06 bits per heavy atom. The van der Waals surface area contributed by atoms with Gasteiger partial charge in [0.25, 0.3) is 0 Å². The SMILES string of the molecule is C[C@H](CN=C(c1ccccc1)c1ccc(OCCN2CCCCC2)cc1[O-])N=C(c1ccccc1)c1ccc(OCCN2CCCCC2)cc1[O-].[Ni+2]. The Morgan fingerprint density at radius 3 is 1.52 bits per heavy atom. The van der Waals surface area contributed by atoms with Crippen molar-refractivity contribution in [2.45, 2.75) is 51.5 Å². The van der Waals surface area contributed by atoms with Crippen LogP contribution in [0.25, 0.3) is 0 Å². The maximum Gasteiger partial charge on any atom is 2.00 e. The molecule has 0 amide bonds. The van der Waals surface area contributed by atoms with Gasteiger partial charge in [-0.15, -0.1) is 0 Å². The third-order valence-corrected chi connectivity index (χ3v) is 9.62. The molecule has 0 unspecified atom stereocenters. The molecule has 2 heterocycles. The number of aliphatic imine (C=N–C) groups is 2. The molecule has 0 saturated carbocycles. The first-order valence-electron chi connectivity index (χ1n) is 18.6. The van der Waals surface area contributed by atoms with Crippen molar-refractivity contribution in [2.75, 3.05) is 59.0 Å². The smallest absolute Gasteiger partial charge is 0.872 e. The average Bonchev–Trinajstić information content (AvgIpc) is 3.16. The second-order valence-corrected chi connectivity index (χ2v) is 13.6. The summed E-state index contributed by atoms with van der Waals surface area (Å²) in [5, 5.41) is 27.0. The zero-order valence-electron chi connectivity index (χ0n) is 30.2. The fraction of sp³-hybridized carbons (Fsp3) is 0.395. The van der Waals surface area contributed by atoms with E-state index in [-0.39, 0.29) is 34.0 Å². The fourth-order valence-corrected chi connectivity index (χ4v) is 6.84. The standard InChI is InChI=1S/C43H52N4O4.Ni/c1-33(45-43(35-16-8-3-9-17-35)39-21-19-37(31-41(39)49)51-29-27-47-24-12-5-13-25-47)32-44-42(34-14-6-2-7-15-34)38-20-18-36(30-40(38)48)50-28-26-46-22-10-4-11-23-46;/h2-3,6-9,14-21,30-31,33,48-49H,4-5,10-13,22-29,32H2,1H3;/q;+2/p-2/t33-;/m1./s1. The van der Waals surface area contributed by atoms with Gasteiger partial charge < -0.3 is 19.7 Å². The van der Waals surface area contributed by atoms with Crippen LogP contribution in [0.4, 0.5) is 0 Å². The molecular weight excluding hydrogens is 695 g/mol. The molecule has 6 rings (SSSR count). The predicted octanol–water partition coefficient (Wildman–Crippen LogP) is 6.32. The minimum Gasteiger partial charge on any atom is -0.872 e. The van der Waals surface area contributed by atoms with Crippen LogP contribution in [0.5, 0.6) is 23.0 Å². The molecule has 0 N–H and O–H groups in total. The maximum atomic E-state index is 13.5. The summed E-state index contributed by atoms with van der Waals surface area (Å²) < 4.78 is 12.0. The third-order valence-electron chi connectivity index (χ3n) is 9.62. The van der Waals surface area contributed by atoms with Crippen LogP contribution in [0.1, 0.15) is 67.7 Å². The molecule has 0 aromatic heterocycles. The van der Waals surface area contributed by atoms with Crippen LogP contribution < -0.4 is 19.7 Å². The number of rotatable bonds is 15. The van der Waals surface area contributed by atoms with Gasteiger partial charge in [-0.05, 0) is 106 Å². The van der Waals surface area contributed by atoms with Crippen molar-refractivity contribution in [2.24, 2.45) is 9.98 Å². The molecule has 4 aromatic rings. The Bertz CT molecular complexity index is 1740. The van der Waals surface area contributed by atoms with Crippen LogP contribution in [-0.2, 0) is 16.5 Å². The molecule has 1 atom stereocenters. The molecule has 2 saturated heterocycles. The van der Waals surface area contributed by atoms with Crippen LogP contribution >= 0.6 is 0 Å². The Morgan fingerprint density at radius 1 is 0.615 bits per heavy atom. The first-order chi connectivity index (χ1) is 25.0. The average molecular weight is 746 g/mol. The number of nitrogens with zero attached hydrogens (tertiary/aromatic N) is 4. The first kappa shape index (κ1) is 39.1. The van der Waals surface area contributed by atoms with Crippen LogP contribution in [0, 0.1) is 0 Å². The second-order valence-electron chi connectivity index (χ2n) is 13.6. The van der Waals surface area contributed by atoms with Gasteiger partial charge >= 0.3 is 16.5 Å². The van der Waals surface area contributed by atoms with E-state index < -0.39 is 0 Å². The van der Waals surface area contributed by atoms with Crippen molar-refractivity contribution >= 4 is 11.4 Å². The van der Waals surface area contributed by atoms with E-state index in [1.165, 1.54) is 38.5 Å². The molecule has 8 nitrogen and oxygen atoms in total. The summed E-state index contributed by atoms with van der Waals surface area (Å²) in [5.41, 5.74) is 3.96. The summed E-state index contributed by atoms with van der Waals surface area (Å²) >= 11 is 0. The van der Waals surface area contributed by atoms with Crippen molar-refractivity contribution in [3.8, 4) is 23.0 Å². The Hall–Kier alpha value is -4.17. The van der Waals surface area contributed by atoms with Crippen molar-refractivity contribution < 1.29 is 36.2 Å². The van der Waals surface area contributed by atoms with E-state index in [0.717, 1.165) is 50.4 Å². The number of ether oxygens (including phenoxy) is 2. The minimum absolute atomic E-state index is 0. The van der Waals surface area contributed by atoms with Gasteiger partial charge in [0.15, 0.2) is 0 Å². The van der Waals surface area contributed by atoms with E-state index in [2.05, 4.69) is 9.80 Å². The van der Waals surface area contributed by atoms with E-state index in [1.54, 1.807) is 12.1 Å². The van der Waals surface area contributed by atoms with Gasteiger partial charge in [0.1, 0.15) is 24.7 Å². The molecule has 0 aliphatic carbocycles. The van der Waals surface area contributed by atoms with Crippen LogP contribution in [-0.4, -0.2) is 86.3 Å². The third kappa shape index (κ3) is 11.2. The second kappa shape index (κ2) is 20.2. The molecule has 2 aliphatic heterocycles. The zero-order chi connectivity index (χ0) is 35.3. The quantitative estimate of drug-likeness (QED) is 0.104. The number of hydrogen-bond donors (Lipinski definition) is 0. The molecule has 2 fully saturated rings. The molecule has 9 heteroatoms. The largest absolute Gasteiger partial charge is 2.00 e. The van der Waals surface area contributed by atoms with E-state index in [4.69, 9.17) is 19.5 Å². The monoisotopic (exact) mass is 744 g/mol. The van der Waals surface area contributed by atoms with Crippen molar-refractivity contribution in [3.05, 3.63) is 119 Å². The Labute approximate surface area is 319 Å².